The van der Waals surface area contributed by atoms with Crippen LogP contribution in [0.25, 0.3) is 0 Å². The van der Waals surface area contributed by atoms with Crippen LogP contribution in [-0.4, -0.2) is 24.6 Å². The molecule has 0 saturated heterocycles. The zero-order chi connectivity index (χ0) is 18.6. The highest BCUT2D eigenvalue weighted by Crippen LogP contribution is 2.13. The first-order valence-electron chi connectivity index (χ1n) is 9.01. The standard InChI is InChI=1S/C21H27N3OS/c1-3-4-8-15-22-21(26)24-20(23-18-9-6-5-7-10-18)16-17-11-13-19(25-2)14-12-17/h5-7,9-14H,3-4,8,15-16H2,1-2H3,(H2,22,23,24,26). The van der Waals surface area contributed by atoms with Crippen LogP contribution in [0.5, 0.6) is 5.75 Å². The Morgan fingerprint density at radius 2 is 1.77 bits per heavy atom. The average Bonchev–Trinajstić information content (AvgIpc) is 2.66. The molecule has 2 rings (SSSR count). The first kappa shape index (κ1) is 19.9. The number of unbranched alkanes of at least 4 members (excludes halogenated alkanes) is 2. The molecule has 0 amide bonds. The number of benzene rings is 2. The first-order valence-corrected chi connectivity index (χ1v) is 9.42. The number of nitrogens with one attached hydrogen (secondary N) is 2. The smallest absolute Gasteiger partial charge is 0.194 e. The summed E-state index contributed by atoms with van der Waals surface area (Å²) in [5, 5.41) is 7.12. The number of amidine groups is 1. The van der Waals surface area contributed by atoms with E-state index in [1.54, 1.807) is 7.11 Å². The highest BCUT2D eigenvalue weighted by Gasteiger charge is 2.05. The maximum Gasteiger partial charge on any atom is 0.194 e. The SMILES string of the molecule is CCCCCNC(=S)/N=C(\Cc1ccc(OC)cc1)Nc1ccccc1. The molecular formula is C21H27N3OS. The van der Waals surface area contributed by atoms with Gasteiger partial charge in [0, 0.05) is 18.7 Å². The summed E-state index contributed by atoms with van der Waals surface area (Å²) in [6.45, 7) is 3.05. The quantitative estimate of drug-likeness (QED) is 0.303. The van der Waals surface area contributed by atoms with Crippen molar-refractivity contribution in [1.82, 2.24) is 5.32 Å². The second-order valence-electron chi connectivity index (χ2n) is 6.01. The minimum atomic E-state index is 0.521. The number of thiocarbonyl (C=S) groups is 1. The number of para-hydroxylation sites is 1. The van der Waals surface area contributed by atoms with E-state index in [9.17, 15) is 0 Å². The van der Waals surface area contributed by atoms with Crippen molar-refractivity contribution in [2.24, 2.45) is 4.99 Å². The second kappa shape index (κ2) is 11.3. The Hall–Kier alpha value is -2.40. The lowest BCUT2D eigenvalue weighted by molar-refractivity contribution is 0.414. The topological polar surface area (TPSA) is 45.7 Å². The number of nitrogens with zero attached hydrogens (tertiary/aromatic N) is 1. The third-order valence-corrected chi connectivity index (χ3v) is 4.12. The van der Waals surface area contributed by atoms with E-state index < -0.39 is 0 Å². The molecule has 0 aliphatic heterocycles. The molecule has 0 fully saturated rings. The average molecular weight is 370 g/mol. The fraction of sp³-hybridized carbons (Fsp3) is 0.333. The van der Waals surface area contributed by atoms with Crippen LogP contribution in [0, 0.1) is 0 Å². The second-order valence-corrected chi connectivity index (χ2v) is 6.40. The van der Waals surface area contributed by atoms with Crippen molar-refractivity contribution in [3.8, 4) is 5.75 Å². The van der Waals surface area contributed by atoms with Crippen LogP contribution >= 0.6 is 12.2 Å². The Morgan fingerprint density at radius 3 is 2.42 bits per heavy atom. The van der Waals surface area contributed by atoms with Crippen LogP contribution in [0.1, 0.15) is 31.7 Å². The maximum absolute atomic E-state index is 5.39. The van der Waals surface area contributed by atoms with Gasteiger partial charge in [-0.05, 0) is 48.5 Å². The number of aliphatic imine (C=N–C) groups is 1. The van der Waals surface area contributed by atoms with E-state index in [0.717, 1.165) is 35.8 Å². The maximum atomic E-state index is 5.39. The van der Waals surface area contributed by atoms with Crippen molar-refractivity contribution in [2.75, 3.05) is 19.0 Å². The van der Waals surface area contributed by atoms with E-state index in [1.165, 1.54) is 12.8 Å². The Balaban J connectivity index is 2.07. The molecule has 0 atom stereocenters. The van der Waals surface area contributed by atoms with Crippen molar-refractivity contribution in [1.29, 1.82) is 0 Å². The van der Waals surface area contributed by atoms with E-state index in [4.69, 9.17) is 17.0 Å². The molecule has 2 N–H and O–H groups in total. The molecule has 2 aromatic carbocycles. The summed E-state index contributed by atoms with van der Waals surface area (Å²) in [5.41, 5.74) is 2.13. The lowest BCUT2D eigenvalue weighted by Gasteiger charge is -2.12. The molecule has 5 heteroatoms. The summed E-state index contributed by atoms with van der Waals surface area (Å²) in [5.74, 6) is 1.66. The molecule has 138 valence electrons. The summed E-state index contributed by atoms with van der Waals surface area (Å²) >= 11 is 5.39. The van der Waals surface area contributed by atoms with Gasteiger partial charge in [-0.15, -0.1) is 0 Å². The predicted octanol–water partition coefficient (Wildman–Crippen LogP) is 4.81. The zero-order valence-corrected chi connectivity index (χ0v) is 16.3. The minimum absolute atomic E-state index is 0.521. The molecule has 0 aliphatic rings. The first-order chi connectivity index (χ1) is 12.7. The molecule has 0 saturated carbocycles. The van der Waals surface area contributed by atoms with Crippen LogP contribution in [0.3, 0.4) is 0 Å². The van der Waals surface area contributed by atoms with Gasteiger partial charge >= 0.3 is 0 Å². The fourth-order valence-corrected chi connectivity index (χ4v) is 2.68. The lowest BCUT2D eigenvalue weighted by Crippen LogP contribution is -2.25. The fourth-order valence-electron chi connectivity index (χ4n) is 2.47. The van der Waals surface area contributed by atoms with E-state index >= 15 is 0 Å². The van der Waals surface area contributed by atoms with Crippen molar-refractivity contribution in [2.45, 2.75) is 32.6 Å². The summed E-state index contributed by atoms with van der Waals surface area (Å²) in [4.78, 5) is 4.60. The minimum Gasteiger partial charge on any atom is -0.497 e. The number of rotatable bonds is 8. The normalized spacial score (nSPS) is 11.1. The van der Waals surface area contributed by atoms with Gasteiger partial charge in [0.2, 0.25) is 0 Å². The van der Waals surface area contributed by atoms with Crippen molar-refractivity contribution in [3.05, 3.63) is 60.2 Å². The molecule has 0 aliphatic carbocycles. The molecule has 0 unspecified atom stereocenters. The van der Waals surface area contributed by atoms with Gasteiger partial charge in [0.1, 0.15) is 11.6 Å². The highest BCUT2D eigenvalue weighted by molar-refractivity contribution is 7.80. The Bertz CT molecular complexity index is 699. The predicted molar refractivity (Wildman–Crippen MR) is 114 cm³/mol. The molecular weight excluding hydrogens is 342 g/mol. The lowest BCUT2D eigenvalue weighted by atomic mass is 10.1. The summed E-state index contributed by atoms with van der Waals surface area (Å²) in [6.07, 6.45) is 4.15. The van der Waals surface area contributed by atoms with Gasteiger partial charge in [0.25, 0.3) is 0 Å². The van der Waals surface area contributed by atoms with Gasteiger partial charge in [-0.1, -0.05) is 50.1 Å². The Kier molecular flexibility index (Phi) is 8.63. The molecule has 0 aromatic heterocycles. The van der Waals surface area contributed by atoms with E-state index in [0.29, 0.717) is 11.5 Å². The van der Waals surface area contributed by atoms with Gasteiger partial charge in [0.05, 0.1) is 7.11 Å². The highest BCUT2D eigenvalue weighted by atomic mass is 32.1. The van der Waals surface area contributed by atoms with Crippen LogP contribution in [0.15, 0.2) is 59.6 Å². The number of ether oxygens (including phenoxy) is 1. The molecule has 0 bridgehead atoms. The molecule has 0 spiro atoms. The third-order valence-electron chi connectivity index (χ3n) is 3.89. The number of hydrogen-bond donors (Lipinski definition) is 2. The van der Waals surface area contributed by atoms with Crippen LogP contribution < -0.4 is 15.4 Å². The monoisotopic (exact) mass is 369 g/mol. The summed E-state index contributed by atoms with van der Waals surface area (Å²) in [7, 11) is 1.67. The summed E-state index contributed by atoms with van der Waals surface area (Å²) in [6, 6.07) is 18.0. The van der Waals surface area contributed by atoms with E-state index in [-0.39, 0.29) is 0 Å². The van der Waals surface area contributed by atoms with Crippen molar-refractivity contribution >= 4 is 28.9 Å². The van der Waals surface area contributed by atoms with Crippen LogP contribution in [-0.2, 0) is 6.42 Å². The van der Waals surface area contributed by atoms with Gasteiger partial charge in [-0.25, -0.2) is 4.99 Å². The summed E-state index contributed by atoms with van der Waals surface area (Å²) < 4.78 is 5.22. The van der Waals surface area contributed by atoms with E-state index in [2.05, 4.69) is 22.5 Å². The largest absolute Gasteiger partial charge is 0.497 e. The Labute approximate surface area is 161 Å². The molecule has 4 nitrogen and oxygen atoms in total. The van der Waals surface area contributed by atoms with E-state index in [1.807, 2.05) is 54.6 Å². The number of hydrogen-bond acceptors (Lipinski definition) is 2. The molecule has 0 heterocycles. The number of anilines is 1. The van der Waals surface area contributed by atoms with Gasteiger partial charge in [0.15, 0.2) is 5.11 Å². The molecule has 0 radical (unpaired) electrons. The number of methoxy groups -OCH3 is 1. The Morgan fingerprint density at radius 1 is 1.04 bits per heavy atom. The van der Waals surface area contributed by atoms with Crippen molar-refractivity contribution in [3.63, 3.8) is 0 Å². The van der Waals surface area contributed by atoms with Gasteiger partial charge in [-0.3, -0.25) is 0 Å². The van der Waals surface area contributed by atoms with Gasteiger partial charge in [-0.2, -0.15) is 0 Å². The molecule has 26 heavy (non-hydrogen) atoms. The third kappa shape index (κ3) is 7.23. The van der Waals surface area contributed by atoms with Crippen molar-refractivity contribution < 1.29 is 4.74 Å². The molecule has 2 aromatic rings. The van der Waals surface area contributed by atoms with Gasteiger partial charge < -0.3 is 15.4 Å². The van der Waals surface area contributed by atoms with Crippen LogP contribution in [0.4, 0.5) is 5.69 Å². The zero-order valence-electron chi connectivity index (χ0n) is 15.5. The van der Waals surface area contributed by atoms with Crippen LogP contribution in [0.2, 0.25) is 0 Å².